The van der Waals surface area contributed by atoms with Gasteiger partial charge in [-0.05, 0) is 42.8 Å². The quantitative estimate of drug-likeness (QED) is 0.672. The van der Waals surface area contributed by atoms with Crippen LogP contribution in [0.25, 0.3) is 10.9 Å². The van der Waals surface area contributed by atoms with Crippen molar-refractivity contribution in [1.82, 2.24) is 9.97 Å². The summed E-state index contributed by atoms with van der Waals surface area (Å²) in [6.07, 6.45) is 0. The molecule has 0 aliphatic carbocycles. The Hall–Kier alpha value is -2.35. The van der Waals surface area contributed by atoms with Crippen molar-refractivity contribution in [1.29, 1.82) is 0 Å². The van der Waals surface area contributed by atoms with Crippen molar-refractivity contribution in [3.05, 3.63) is 53.6 Å². The molecule has 0 bridgehead atoms. The summed E-state index contributed by atoms with van der Waals surface area (Å²) in [4.78, 5) is 15.3. The fraction of sp³-hybridized carbons (Fsp3) is 0.364. The molecule has 1 atom stereocenters. The molecule has 2 N–H and O–H groups in total. The van der Waals surface area contributed by atoms with Gasteiger partial charge in [0.2, 0.25) is 5.95 Å². The van der Waals surface area contributed by atoms with Crippen molar-refractivity contribution >= 4 is 33.8 Å². The number of nitrogens with zero attached hydrogens (tertiary/aromatic N) is 4. The lowest BCUT2D eigenvalue weighted by Gasteiger charge is -2.40. The van der Waals surface area contributed by atoms with E-state index in [4.69, 9.17) is 15.7 Å². The number of rotatable bonds is 3. The fourth-order valence-corrected chi connectivity index (χ4v) is 5.37. The summed E-state index contributed by atoms with van der Waals surface area (Å²) in [5.41, 5.74) is 9.07. The first kappa shape index (κ1) is 18.7. The van der Waals surface area contributed by atoms with Gasteiger partial charge in [-0.2, -0.15) is 4.98 Å². The normalized spacial score (nSPS) is 19.8. The molecule has 1 fully saturated rings. The predicted molar refractivity (Wildman–Crippen MR) is 118 cm³/mol. The van der Waals surface area contributed by atoms with E-state index in [1.54, 1.807) is 0 Å². The van der Waals surface area contributed by atoms with Crippen molar-refractivity contribution in [2.45, 2.75) is 18.4 Å². The molecular formula is C22H25N5OS. The van der Waals surface area contributed by atoms with Crippen LogP contribution in [0, 0.1) is 12.8 Å². The molecule has 2 aliphatic heterocycles. The minimum absolute atomic E-state index is 0.528. The Morgan fingerprint density at radius 1 is 1.14 bits per heavy atom. The van der Waals surface area contributed by atoms with Crippen molar-refractivity contribution in [3.63, 3.8) is 0 Å². The molecule has 6 nitrogen and oxygen atoms in total. The largest absolute Gasteiger partial charge is 0.611 e. The zero-order valence-corrected chi connectivity index (χ0v) is 17.4. The van der Waals surface area contributed by atoms with Crippen LogP contribution in [0.3, 0.4) is 0 Å². The number of anilines is 2. The molecule has 0 radical (unpaired) electrons. The lowest BCUT2D eigenvalue weighted by molar-refractivity contribution is 0.418. The van der Waals surface area contributed by atoms with Crippen LogP contribution in [0.2, 0.25) is 0 Å². The SMILES string of the molecule is Cc1ccc2nc(N3CC[S+]([O-])c4ccccc4C3)nc(N3CC(CN)C3)c2c1. The van der Waals surface area contributed by atoms with Gasteiger partial charge in [-0.3, -0.25) is 0 Å². The summed E-state index contributed by atoms with van der Waals surface area (Å²) < 4.78 is 12.7. The van der Waals surface area contributed by atoms with Crippen molar-refractivity contribution in [2.75, 3.05) is 41.7 Å². The second kappa shape index (κ2) is 7.48. The number of benzene rings is 2. The number of nitrogens with two attached hydrogens (primary N) is 1. The molecule has 5 rings (SSSR count). The van der Waals surface area contributed by atoms with Gasteiger partial charge in [0.25, 0.3) is 0 Å². The van der Waals surface area contributed by atoms with E-state index in [2.05, 4.69) is 41.0 Å². The van der Waals surface area contributed by atoms with E-state index < -0.39 is 11.2 Å². The Labute approximate surface area is 173 Å². The van der Waals surface area contributed by atoms with E-state index >= 15 is 0 Å². The molecule has 1 unspecified atom stereocenters. The monoisotopic (exact) mass is 407 g/mol. The fourth-order valence-electron chi connectivity index (χ4n) is 4.10. The molecule has 1 aromatic heterocycles. The third-order valence-electron chi connectivity index (χ3n) is 5.82. The second-order valence-corrected chi connectivity index (χ2v) is 9.49. The summed E-state index contributed by atoms with van der Waals surface area (Å²) in [6.45, 7) is 6.01. The molecule has 3 heterocycles. The molecule has 3 aromatic rings. The zero-order chi connectivity index (χ0) is 20.0. The molecule has 7 heteroatoms. The number of hydrogen-bond donors (Lipinski definition) is 1. The van der Waals surface area contributed by atoms with Crippen LogP contribution in [0.15, 0.2) is 47.4 Å². The maximum absolute atomic E-state index is 12.7. The summed E-state index contributed by atoms with van der Waals surface area (Å²) in [5, 5.41) is 1.09. The van der Waals surface area contributed by atoms with Crippen LogP contribution in [-0.2, 0) is 17.7 Å². The van der Waals surface area contributed by atoms with Crippen LogP contribution in [-0.4, -0.2) is 46.5 Å². The maximum Gasteiger partial charge on any atom is 0.228 e. The standard InChI is InChI=1S/C22H25N5OS/c1-15-6-7-19-18(10-15)21(27-12-16(11-23)13-27)25-22(24-19)26-8-9-29(28)20-5-3-2-4-17(20)14-26/h2-7,10,16H,8-9,11-14,23H2,1H3. The molecular weight excluding hydrogens is 382 g/mol. The van der Waals surface area contributed by atoms with E-state index in [1.165, 1.54) is 5.56 Å². The van der Waals surface area contributed by atoms with Gasteiger partial charge in [0.05, 0.1) is 18.6 Å². The van der Waals surface area contributed by atoms with Crippen LogP contribution < -0.4 is 15.5 Å². The predicted octanol–water partition coefficient (Wildman–Crippen LogP) is 2.46. The van der Waals surface area contributed by atoms with Gasteiger partial charge >= 0.3 is 0 Å². The van der Waals surface area contributed by atoms with Gasteiger partial charge in [0.1, 0.15) is 11.6 Å². The average Bonchev–Trinajstić information content (AvgIpc) is 2.86. The van der Waals surface area contributed by atoms with Crippen LogP contribution in [0.5, 0.6) is 0 Å². The summed E-state index contributed by atoms with van der Waals surface area (Å²) >= 11 is -0.989. The van der Waals surface area contributed by atoms with E-state index in [0.29, 0.717) is 37.3 Å². The van der Waals surface area contributed by atoms with E-state index in [1.807, 2.05) is 18.2 Å². The molecule has 0 saturated carbocycles. The Bertz CT molecular complexity index is 1050. The highest BCUT2D eigenvalue weighted by Gasteiger charge is 2.30. The van der Waals surface area contributed by atoms with Crippen molar-refractivity contribution in [2.24, 2.45) is 11.7 Å². The van der Waals surface area contributed by atoms with E-state index in [-0.39, 0.29) is 0 Å². The number of hydrogen-bond acceptors (Lipinski definition) is 6. The zero-order valence-electron chi connectivity index (χ0n) is 16.5. The lowest BCUT2D eigenvalue weighted by atomic mass is 10.00. The van der Waals surface area contributed by atoms with Gasteiger partial charge < -0.3 is 20.1 Å². The van der Waals surface area contributed by atoms with Crippen molar-refractivity contribution in [3.8, 4) is 0 Å². The lowest BCUT2D eigenvalue weighted by Crippen LogP contribution is -2.50. The molecule has 2 aliphatic rings. The van der Waals surface area contributed by atoms with Gasteiger partial charge in [0, 0.05) is 30.0 Å². The van der Waals surface area contributed by atoms with Gasteiger partial charge in [-0.25, -0.2) is 4.98 Å². The first-order valence-corrected chi connectivity index (χ1v) is 11.4. The highest BCUT2D eigenvalue weighted by atomic mass is 32.2. The number of aromatic nitrogens is 2. The molecule has 29 heavy (non-hydrogen) atoms. The number of aryl methyl sites for hydroxylation is 1. The van der Waals surface area contributed by atoms with E-state index in [0.717, 1.165) is 40.3 Å². The summed E-state index contributed by atoms with van der Waals surface area (Å²) in [7, 11) is 0. The minimum Gasteiger partial charge on any atom is -0.611 e. The summed E-state index contributed by atoms with van der Waals surface area (Å²) in [5.74, 6) is 2.81. The van der Waals surface area contributed by atoms with Crippen LogP contribution in [0.1, 0.15) is 11.1 Å². The third kappa shape index (κ3) is 3.43. The Kier molecular flexibility index (Phi) is 4.81. The molecule has 1 saturated heterocycles. The smallest absolute Gasteiger partial charge is 0.228 e. The second-order valence-electron chi connectivity index (χ2n) is 7.95. The van der Waals surface area contributed by atoms with Gasteiger partial charge in [-0.15, -0.1) is 0 Å². The Morgan fingerprint density at radius 3 is 2.79 bits per heavy atom. The molecule has 0 amide bonds. The first-order valence-electron chi connectivity index (χ1n) is 10.1. The van der Waals surface area contributed by atoms with Crippen LogP contribution in [0.4, 0.5) is 11.8 Å². The topological polar surface area (TPSA) is 81.3 Å². The van der Waals surface area contributed by atoms with Gasteiger partial charge in [-0.1, -0.05) is 29.8 Å². The number of fused-ring (bicyclic) bond motifs is 2. The highest BCUT2D eigenvalue weighted by Crippen LogP contribution is 2.33. The third-order valence-corrected chi connectivity index (χ3v) is 7.26. The molecule has 150 valence electrons. The maximum atomic E-state index is 12.7. The minimum atomic E-state index is -0.989. The van der Waals surface area contributed by atoms with Gasteiger partial charge in [0.15, 0.2) is 4.90 Å². The highest BCUT2D eigenvalue weighted by molar-refractivity contribution is 7.91. The Morgan fingerprint density at radius 2 is 1.97 bits per heavy atom. The average molecular weight is 408 g/mol. The van der Waals surface area contributed by atoms with E-state index in [9.17, 15) is 4.55 Å². The van der Waals surface area contributed by atoms with Crippen molar-refractivity contribution < 1.29 is 4.55 Å². The van der Waals surface area contributed by atoms with Crippen LogP contribution >= 0.6 is 0 Å². The molecule has 2 aromatic carbocycles. The summed E-state index contributed by atoms with van der Waals surface area (Å²) in [6, 6.07) is 14.3. The molecule has 0 spiro atoms. The first-order chi connectivity index (χ1) is 14.1. The Balaban J connectivity index is 1.56.